The summed E-state index contributed by atoms with van der Waals surface area (Å²) in [5, 5.41) is 3.46. The average Bonchev–Trinajstić information content (AvgIpc) is 3.00. The van der Waals surface area contributed by atoms with Gasteiger partial charge in [0.1, 0.15) is 0 Å². The molecule has 1 saturated carbocycles. The van der Waals surface area contributed by atoms with Gasteiger partial charge >= 0.3 is 0 Å². The van der Waals surface area contributed by atoms with Gasteiger partial charge in [-0.25, -0.2) is 0 Å². The smallest absolute Gasteiger partial charge is 0.0224 e. The summed E-state index contributed by atoms with van der Waals surface area (Å²) in [4.78, 5) is 5.55. The lowest BCUT2D eigenvalue weighted by Gasteiger charge is -2.46. The van der Waals surface area contributed by atoms with Crippen LogP contribution < -0.4 is 5.32 Å². The largest absolute Gasteiger partial charge is 0.319 e. The third kappa shape index (κ3) is 2.84. The van der Waals surface area contributed by atoms with Gasteiger partial charge in [-0.15, -0.1) is 0 Å². The molecule has 2 saturated heterocycles. The first-order valence-electron chi connectivity index (χ1n) is 8.35. The number of fused-ring (bicyclic) bond motifs is 1. The molecule has 0 aromatic heterocycles. The first-order valence-corrected chi connectivity index (χ1v) is 8.35. The van der Waals surface area contributed by atoms with Crippen molar-refractivity contribution in [3.63, 3.8) is 0 Å². The fraction of sp³-hybridized carbons (Fsp3) is 1.00. The molecule has 0 spiro atoms. The summed E-state index contributed by atoms with van der Waals surface area (Å²) in [7, 11) is 2.12. The maximum Gasteiger partial charge on any atom is 0.0224 e. The Bertz CT molecular complexity index is 298. The second-order valence-electron chi connectivity index (χ2n) is 7.31. The Hall–Kier alpha value is -0.120. The predicted octanol–water partition coefficient (Wildman–Crippen LogP) is 1.93. The summed E-state index contributed by atoms with van der Waals surface area (Å²) < 4.78 is 0. The number of rotatable bonds is 4. The number of nitrogens with zero attached hydrogens (tertiary/aromatic N) is 2. The molecular weight excluding hydrogens is 234 g/mol. The van der Waals surface area contributed by atoms with Crippen molar-refractivity contribution in [3.8, 4) is 0 Å². The maximum atomic E-state index is 3.46. The first-order chi connectivity index (χ1) is 9.22. The van der Waals surface area contributed by atoms with Crippen molar-refractivity contribution in [3.05, 3.63) is 0 Å². The molecule has 3 fully saturated rings. The van der Waals surface area contributed by atoms with E-state index < -0.39 is 0 Å². The summed E-state index contributed by atoms with van der Waals surface area (Å²) in [6.07, 6.45) is 8.62. The minimum absolute atomic E-state index is 0.573. The molecular formula is C16H31N3. The second kappa shape index (κ2) is 5.71. The van der Waals surface area contributed by atoms with Crippen LogP contribution in [0.25, 0.3) is 0 Å². The fourth-order valence-electron chi connectivity index (χ4n) is 4.79. The maximum absolute atomic E-state index is 3.46. The zero-order valence-electron chi connectivity index (χ0n) is 12.8. The van der Waals surface area contributed by atoms with E-state index in [2.05, 4.69) is 29.1 Å². The van der Waals surface area contributed by atoms with E-state index in [1.807, 2.05) is 0 Å². The molecule has 2 atom stereocenters. The van der Waals surface area contributed by atoms with Crippen LogP contribution in [0.2, 0.25) is 0 Å². The lowest BCUT2D eigenvalue weighted by Crippen LogP contribution is -2.57. The van der Waals surface area contributed by atoms with Crippen LogP contribution in [0.4, 0.5) is 0 Å². The molecule has 3 rings (SSSR count). The molecule has 1 N–H and O–H groups in total. The molecule has 0 amide bonds. The van der Waals surface area contributed by atoms with Crippen molar-refractivity contribution in [2.24, 2.45) is 5.41 Å². The zero-order valence-corrected chi connectivity index (χ0v) is 12.8. The van der Waals surface area contributed by atoms with Gasteiger partial charge in [-0.3, -0.25) is 9.80 Å². The van der Waals surface area contributed by atoms with Gasteiger partial charge in [0.2, 0.25) is 0 Å². The molecule has 3 nitrogen and oxygen atoms in total. The Morgan fingerprint density at radius 2 is 1.95 bits per heavy atom. The number of hydrogen-bond donors (Lipinski definition) is 1. The lowest BCUT2D eigenvalue weighted by molar-refractivity contribution is 0.0269. The highest BCUT2D eigenvalue weighted by Gasteiger charge is 2.40. The van der Waals surface area contributed by atoms with Crippen LogP contribution in [0.15, 0.2) is 0 Å². The molecule has 3 heteroatoms. The molecule has 110 valence electrons. The van der Waals surface area contributed by atoms with Crippen LogP contribution >= 0.6 is 0 Å². The fourth-order valence-corrected chi connectivity index (χ4v) is 4.79. The molecule has 2 aliphatic heterocycles. The molecule has 1 aliphatic carbocycles. The van der Waals surface area contributed by atoms with Crippen LogP contribution in [0.3, 0.4) is 0 Å². The van der Waals surface area contributed by atoms with Gasteiger partial charge in [-0.2, -0.15) is 0 Å². The quantitative estimate of drug-likeness (QED) is 0.838. The van der Waals surface area contributed by atoms with E-state index in [-0.39, 0.29) is 0 Å². The Balaban J connectivity index is 1.64. The van der Waals surface area contributed by atoms with E-state index >= 15 is 0 Å². The Kier molecular flexibility index (Phi) is 4.16. The number of nitrogens with one attached hydrogen (secondary N) is 1. The van der Waals surface area contributed by atoms with E-state index in [0.29, 0.717) is 5.41 Å². The van der Waals surface area contributed by atoms with E-state index in [0.717, 1.165) is 12.1 Å². The van der Waals surface area contributed by atoms with Gasteiger partial charge in [-0.1, -0.05) is 12.8 Å². The Labute approximate surface area is 118 Å². The molecule has 2 heterocycles. The molecule has 19 heavy (non-hydrogen) atoms. The molecule has 0 radical (unpaired) electrons. The van der Waals surface area contributed by atoms with E-state index in [1.54, 1.807) is 0 Å². The van der Waals surface area contributed by atoms with Gasteiger partial charge in [0, 0.05) is 38.3 Å². The summed E-state index contributed by atoms with van der Waals surface area (Å²) in [6.45, 7) is 8.97. The normalized spacial score (nSPS) is 35.7. The highest BCUT2D eigenvalue weighted by atomic mass is 15.3. The molecule has 0 aromatic rings. The van der Waals surface area contributed by atoms with Gasteiger partial charge in [0.25, 0.3) is 0 Å². The second-order valence-corrected chi connectivity index (χ2v) is 7.31. The van der Waals surface area contributed by atoms with Crippen LogP contribution in [0, 0.1) is 5.41 Å². The van der Waals surface area contributed by atoms with Crippen molar-refractivity contribution in [1.29, 1.82) is 0 Å². The van der Waals surface area contributed by atoms with Crippen molar-refractivity contribution >= 4 is 0 Å². The number of piperazine rings is 1. The van der Waals surface area contributed by atoms with Gasteiger partial charge in [-0.05, 0) is 51.6 Å². The molecule has 3 aliphatic rings. The minimum atomic E-state index is 0.573. The standard InChI is InChI=1S/C16H31N3/c1-14-10-18-9-5-6-15(18)11-19(14)13-16(12-17-2)7-3-4-8-16/h14-15,17H,3-13H2,1-2H3. The molecule has 0 bridgehead atoms. The topological polar surface area (TPSA) is 18.5 Å². The predicted molar refractivity (Wildman–Crippen MR) is 80.5 cm³/mol. The highest BCUT2D eigenvalue weighted by molar-refractivity contribution is 4.95. The van der Waals surface area contributed by atoms with Crippen LogP contribution in [-0.4, -0.2) is 61.7 Å². The van der Waals surface area contributed by atoms with Crippen LogP contribution in [0.5, 0.6) is 0 Å². The highest BCUT2D eigenvalue weighted by Crippen LogP contribution is 2.39. The molecule has 2 unspecified atom stereocenters. The SMILES string of the molecule is CNCC1(CN2CC3CCCN3CC2C)CCCC1. The average molecular weight is 265 g/mol. The zero-order chi connectivity index (χ0) is 13.3. The Morgan fingerprint density at radius 3 is 2.68 bits per heavy atom. The Morgan fingerprint density at radius 1 is 1.16 bits per heavy atom. The first kappa shape index (κ1) is 13.8. The summed E-state index contributed by atoms with van der Waals surface area (Å²) in [6, 6.07) is 1.62. The van der Waals surface area contributed by atoms with Crippen molar-refractivity contribution in [2.75, 3.05) is 39.8 Å². The third-order valence-electron chi connectivity index (χ3n) is 5.82. The van der Waals surface area contributed by atoms with E-state index in [9.17, 15) is 0 Å². The van der Waals surface area contributed by atoms with Gasteiger partial charge in [0.05, 0.1) is 0 Å². The van der Waals surface area contributed by atoms with E-state index in [1.165, 1.54) is 71.2 Å². The van der Waals surface area contributed by atoms with E-state index in [4.69, 9.17) is 0 Å². The van der Waals surface area contributed by atoms with Gasteiger partial charge in [0.15, 0.2) is 0 Å². The van der Waals surface area contributed by atoms with Crippen molar-refractivity contribution < 1.29 is 0 Å². The van der Waals surface area contributed by atoms with Crippen LogP contribution in [-0.2, 0) is 0 Å². The van der Waals surface area contributed by atoms with Crippen molar-refractivity contribution in [2.45, 2.75) is 57.5 Å². The minimum Gasteiger partial charge on any atom is -0.319 e. The monoisotopic (exact) mass is 265 g/mol. The number of hydrogen-bond acceptors (Lipinski definition) is 3. The van der Waals surface area contributed by atoms with Gasteiger partial charge < -0.3 is 5.32 Å². The van der Waals surface area contributed by atoms with Crippen LogP contribution in [0.1, 0.15) is 45.4 Å². The summed E-state index contributed by atoms with van der Waals surface area (Å²) in [5.41, 5.74) is 0.573. The lowest BCUT2D eigenvalue weighted by atomic mass is 9.84. The summed E-state index contributed by atoms with van der Waals surface area (Å²) >= 11 is 0. The third-order valence-corrected chi connectivity index (χ3v) is 5.82. The summed E-state index contributed by atoms with van der Waals surface area (Å²) in [5.74, 6) is 0. The van der Waals surface area contributed by atoms with Crippen molar-refractivity contribution in [1.82, 2.24) is 15.1 Å². The molecule has 0 aromatic carbocycles.